The van der Waals surface area contributed by atoms with E-state index in [0.29, 0.717) is 54.9 Å². The lowest BCUT2D eigenvalue weighted by atomic mass is 10.1. The maximum Gasteiger partial charge on any atom is 0.257 e. The van der Waals surface area contributed by atoms with Crippen LogP contribution in [0.25, 0.3) is 0 Å². The number of rotatable bonds is 4. The van der Waals surface area contributed by atoms with Crippen LogP contribution in [0.15, 0.2) is 59.6 Å². The van der Waals surface area contributed by atoms with E-state index in [1.165, 1.54) is 4.31 Å². The van der Waals surface area contributed by atoms with Crippen LogP contribution in [-0.4, -0.2) is 73.8 Å². The Morgan fingerprint density at radius 3 is 2.41 bits per heavy atom. The van der Waals surface area contributed by atoms with Gasteiger partial charge in [0.2, 0.25) is 16.0 Å². The Hall–Kier alpha value is -3.54. The first-order valence-corrected chi connectivity index (χ1v) is 12.3. The van der Waals surface area contributed by atoms with Crippen LogP contribution < -0.4 is 15.5 Å². The SMILES string of the molecule is CN1CCN(S(=O)(=O)c2ccc(Nc3ncc4c(n3)N(C)c3ccccc3C(=O)N4)cc2)CC1. The van der Waals surface area contributed by atoms with Crippen molar-refractivity contribution in [3.05, 3.63) is 60.3 Å². The number of fused-ring (bicyclic) bond motifs is 2. The average Bonchev–Trinajstić information content (AvgIpc) is 2.94. The highest BCUT2D eigenvalue weighted by molar-refractivity contribution is 7.89. The molecule has 11 heteroatoms. The molecule has 0 aliphatic carbocycles. The molecule has 1 saturated heterocycles. The molecular weight excluding hydrogens is 454 g/mol. The third-order valence-corrected chi connectivity index (χ3v) is 7.97. The minimum Gasteiger partial charge on any atom is -0.327 e. The lowest BCUT2D eigenvalue weighted by Gasteiger charge is -2.31. The Labute approximate surface area is 198 Å². The molecule has 2 aromatic carbocycles. The first-order valence-electron chi connectivity index (χ1n) is 10.9. The predicted octanol–water partition coefficient (Wildman–Crippen LogP) is 2.49. The second-order valence-corrected chi connectivity index (χ2v) is 10.3. The largest absolute Gasteiger partial charge is 0.327 e. The molecule has 0 bridgehead atoms. The molecule has 5 rings (SSSR count). The third-order valence-electron chi connectivity index (χ3n) is 6.06. The Bertz CT molecular complexity index is 1340. The lowest BCUT2D eigenvalue weighted by molar-refractivity contribution is 0.102. The van der Waals surface area contributed by atoms with Gasteiger partial charge in [-0.2, -0.15) is 9.29 Å². The smallest absolute Gasteiger partial charge is 0.257 e. The summed E-state index contributed by atoms with van der Waals surface area (Å²) in [6, 6.07) is 13.9. The Morgan fingerprint density at radius 1 is 0.971 bits per heavy atom. The van der Waals surface area contributed by atoms with Gasteiger partial charge in [0.25, 0.3) is 5.91 Å². The van der Waals surface area contributed by atoms with E-state index in [0.717, 1.165) is 5.69 Å². The topological polar surface area (TPSA) is 111 Å². The third kappa shape index (κ3) is 4.09. The number of sulfonamides is 1. The number of hydrogen-bond donors (Lipinski definition) is 2. The second kappa shape index (κ2) is 8.67. The van der Waals surface area contributed by atoms with E-state index in [2.05, 4.69) is 25.5 Å². The number of anilines is 5. The second-order valence-electron chi connectivity index (χ2n) is 8.32. The van der Waals surface area contributed by atoms with Crippen LogP contribution in [0.1, 0.15) is 10.4 Å². The number of amides is 1. The number of hydrogen-bond acceptors (Lipinski definition) is 8. The van der Waals surface area contributed by atoms with Gasteiger partial charge in [-0.3, -0.25) is 4.79 Å². The minimum absolute atomic E-state index is 0.220. The van der Waals surface area contributed by atoms with Crippen molar-refractivity contribution in [3.63, 3.8) is 0 Å². The zero-order valence-electron chi connectivity index (χ0n) is 18.9. The van der Waals surface area contributed by atoms with Gasteiger partial charge in [-0.05, 0) is 43.4 Å². The van der Waals surface area contributed by atoms with Crippen molar-refractivity contribution in [2.75, 3.05) is 55.8 Å². The summed E-state index contributed by atoms with van der Waals surface area (Å²) < 4.78 is 27.4. The number of nitrogens with one attached hydrogen (secondary N) is 2. The summed E-state index contributed by atoms with van der Waals surface area (Å²) in [5, 5.41) is 5.97. The molecule has 2 aliphatic rings. The summed E-state index contributed by atoms with van der Waals surface area (Å²) in [6.45, 7) is 2.39. The molecule has 0 spiro atoms. The van der Waals surface area contributed by atoms with Crippen molar-refractivity contribution in [2.45, 2.75) is 4.90 Å². The molecular formula is C23H25N7O3S. The predicted molar refractivity (Wildman–Crippen MR) is 130 cm³/mol. The fourth-order valence-corrected chi connectivity index (χ4v) is 5.48. The summed E-state index contributed by atoms with van der Waals surface area (Å²) in [5.74, 6) is 0.654. The molecule has 3 aromatic rings. The van der Waals surface area contributed by atoms with Crippen LogP contribution >= 0.6 is 0 Å². The number of carbonyl (C=O) groups is 1. The molecule has 1 amide bonds. The summed E-state index contributed by atoms with van der Waals surface area (Å²) in [7, 11) is 0.294. The molecule has 1 fully saturated rings. The number of para-hydroxylation sites is 1. The summed E-state index contributed by atoms with van der Waals surface area (Å²) in [4.78, 5) is 25.7. The van der Waals surface area contributed by atoms with Crippen LogP contribution in [0.4, 0.5) is 28.8 Å². The van der Waals surface area contributed by atoms with Crippen LogP contribution in [0.5, 0.6) is 0 Å². The number of aromatic nitrogens is 2. The average molecular weight is 480 g/mol. The zero-order chi connectivity index (χ0) is 23.9. The lowest BCUT2D eigenvalue weighted by Crippen LogP contribution is -2.46. The van der Waals surface area contributed by atoms with Gasteiger partial charge in [0.1, 0.15) is 5.69 Å². The Kier molecular flexibility index (Phi) is 5.68. The van der Waals surface area contributed by atoms with Gasteiger partial charge in [0.05, 0.1) is 22.3 Å². The molecule has 0 atom stereocenters. The van der Waals surface area contributed by atoms with Crippen LogP contribution in [0.3, 0.4) is 0 Å². The maximum atomic E-state index is 12.9. The van der Waals surface area contributed by atoms with Crippen molar-refractivity contribution in [1.82, 2.24) is 19.2 Å². The minimum atomic E-state index is -3.53. The van der Waals surface area contributed by atoms with Gasteiger partial charge in [-0.15, -0.1) is 0 Å². The molecule has 3 heterocycles. The van der Waals surface area contributed by atoms with E-state index in [4.69, 9.17) is 0 Å². The van der Waals surface area contributed by atoms with E-state index in [-0.39, 0.29) is 10.8 Å². The van der Waals surface area contributed by atoms with Crippen LogP contribution in [0, 0.1) is 0 Å². The van der Waals surface area contributed by atoms with E-state index >= 15 is 0 Å². The molecule has 2 aliphatic heterocycles. The van der Waals surface area contributed by atoms with Crippen molar-refractivity contribution >= 4 is 44.8 Å². The van der Waals surface area contributed by atoms with Gasteiger partial charge >= 0.3 is 0 Å². The van der Waals surface area contributed by atoms with Crippen LogP contribution in [-0.2, 0) is 10.0 Å². The van der Waals surface area contributed by atoms with Gasteiger partial charge in [0, 0.05) is 38.9 Å². The quantitative estimate of drug-likeness (QED) is 0.587. The van der Waals surface area contributed by atoms with Gasteiger partial charge in [-0.1, -0.05) is 12.1 Å². The van der Waals surface area contributed by atoms with Gasteiger partial charge < -0.3 is 20.4 Å². The summed E-state index contributed by atoms with van der Waals surface area (Å²) in [6.07, 6.45) is 1.55. The Balaban J connectivity index is 1.37. The molecule has 2 N–H and O–H groups in total. The number of benzene rings is 2. The van der Waals surface area contributed by atoms with E-state index < -0.39 is 10.0 Å². The fraction of sp³-hybridized carbons (Fsp3) is 0.261. The highest BCUT2D eigenvalue weighted by atomic mass is 32.2. The highest BCUT2D eigenvalue weighted by Crippen LogP contribution is 2.35. The van der Waals surface area contributed by atoms with E-state index in [1.54, 1.807) is 36.5 Å². The van der Waals surface area contributed by atoms with Crippen molar-refractivity contribution < 1.29 is 13.2 Å². The van der Waals surface area contributed by atoms with Crippen molar-refractivity contribution in [2.24, 2.45) is 0 Å². The van der Waals surface area contributed by atoms with Gasteiger partial charge in [-0.25, -0.2) is 13.4 Å². The van der Waals surface area contributed by atoms with Crippen LogP contribution in [0.2, 0.25) is 0 Å². The highest BCUT2D eigenvalue weighted by Gasteiger charge is 2.27. The maximum absolute atomic E-state index is 12.9. The number of likely N-dealkylation sites (N-methyl/N-ethyl adjacent to an activating group) is 1. The zero-order valence-corrected chi connectivity index (χ0v) is 19.7. The normalized spacial score (nSPS) is 16.9. The Morgan fingerprint density at radius 2 is 1.68 bits per heavy atom. The molecule has 0 radical (unpaired) electrons. The van der Waals surface area contributed by atoms with E-state index in [9.17, 15) is 13.2 Å². The number of carbonyl (C=O) groups excluding carboxylic acids is 1. The molecule has 0 unspecified atom stereocenters. The number of nitrogens with zero attached hydrogens (tertiary/aromatic N) is 5. The molecule has 10 nitrogen and oxygen atoms in total. The van der Waals surface area contributed by atoms with E-state index in [1.807, 2.05) is 37.2 Å². The summed E-state index contributed by atoms with van der Waals surface area (Å²) >= 11 is 0. The molecule has 0 saturated carbocycles. The van der Waals surface area contributed by atoms with Gasteiger partial charge in [0.15, 0.2) is 5.82 Å². The molecule has 34 heavy (non-hydrogen) atoms. The summed E-state index contributed by atoms with van der Waals surface area (Å²) in [5.41, 5.74) is 2.44. The van der Waals surface area contributed by atoms with Crippen molar-refractivity contribution in [3.8, 4) is 0 Å². The first kappa shape index (κ1) is 22.3. The molecule has 176 valence electrons. The number of piperazine rings is 1. The molecule has 1 aromatic heterocycles. The van der Waals surface area contributed by atoms with Crippen molar-refractivity contribution in [1.29, 1.82) is 0 Å². The first-order chi connectivity index (χ1) is 16.3. The standard InChI is InChI=1S/C23H25N7O3S/c1-28-11-13-30(14-12-28)34(32,33)17-9-7-16(8-10-17)25-23-24-15-19-21(27-23)29(2)20-6-4-3-5-18(20)22(31)26-19/h3-10,15H,11-14H2,1-2H3,(H,26,31)(H,24,25,27). The fourth-order valence-electron chi connectivity index (χ4n) is 4.06. The monoisotopic (exact) mass is 479 g/mol.